The number of aliphatic hydroxyl groups is 1. The molecule has 114 valence electrons. The maximum absolute atomic E-state index is 11.9. The van der Waals surface area contributed by atoms with E-state index in [2.05, 4.69) is 5.32 Å². The lowest BCUT2D eigenvalue weighted by Gasteiger charge is -2.42. The summed E-state index contributed by atoms with van der Waals surface area (Å²) >= 11 is 4.91. The number of carbonyl (C=O) groups is 1. The lowest BCUT2D eigenvalue weighted by atomic mass is 9.97. The van der Waals surface area contributed by atoms with Gasteiger partial charge in [-0.15, -0.1) is 0 Å². The van der Waals surface area contributed by atoms with Crippen LogP contribution in [0.1, 0.15) is 31.1 Å². The van der Waals surface area contributed by atoms with Gasteiger partial charge in [-0.25, -0.2) is 0 Å². The van der Waals surface area contributed by atoms with Gasteiger partial charge in [0.05, 0.1) is 11.6 Å². The Kier molecular flexibility index (Phi) is 4.61. The Hall–Kier alpha value is -1.50. The molecule has 1 saturated heterocycles. The van der Waals surface area contributed by atoms with Crippen LogP contribution < -0.4 is 11.1 Å². The summed E-state index contributed by atoms with van der Waals surface area (Å²) in [5.41, 5.74) is 6.51. The van der Waals surface area contributed by atoms with E-state index in [-0.39, 0.29) is 5.91 Å². The Labute approximate surface area is 130 Å². The van der Waals surface area contributed by atoms with Crippen LogP contribution in [0, 0.1) is 0 Å². The molecule has 0 aliphatic carbocycles. The number of amides is 1. The molecule has 2 rings (SSSR count). The van der Waals surface area contributed by atoms with E-state index in [1.165, 1.54) is 0 Å². The van der Waals surface area contributed by atoms with Gasteiger partial charge in [0.2, 0.25) is 5.91 Å². The minimum absolute atomic E-state index is 0.00946. The molecule has 1 amide bonds. The molecule has 4 N–H and O–H groups in total. The molecule has 1 aliphatic heterocycles. The molecule has 6 heteroatoms. The van der Waals surface area contributed by atoms with E-state index in [0.29, 0.717) is 18.1 Å². The van der Waals surface area contributed by atoms with Crippen LogP contribution in [-0.4, -0.2) is 46.1 Å². The minimum atomic E-state index is -0.657. The van der Waals surface area contributed by atoms with Gasteiger partial charge in [-0.1, -0.05) is 36.5 Å². The van der Waals surface area contributed by atoms with Crippen molar-refractivity contribution in [1.82, 2.24) is 10.2 Å². The fourth-order valence-corrected chi connectivity index (χ4v) is 2.58. The summed E-state index contributed by atoms with van der Waals surface area (Å²) in [6.45, 7) is 5.47. The second kappa shape index (κ2) is 6.09. The SMILES string of the molecule is CC1(C)C(=O)NCCN1CC(O)c1ccc(C(N)=S)cc1. The van der Waals surface area contributed by atoms with Crippen LogP contribution in [0.2, 0.25) is 0 Å². The van der Waals surface area contributed by atoms with Crippen molar-refractivity contribution in [3.05, 3.63) is 35.4 Å². The number of benzene rings is 1. The van der Waals surface area contributed by atoms with Gasteiger partial charge in [-0.3, -0.25) is 9.69 Å². The molecule has 1 heterocycles. The zero-order valence-corrected chi connectivity index (χ0v) is 13.1. The molecule has 21 heavy (non-hydrogen) atoms. The zero-order valence-electron chi connectivity index (χ0n) is 12.3. The first-order valence-electron chi connectivity index (χ1n) is 6.93. The van der Waals surface area contributed by atoms with Crippen molar-refractivity contribution in [3.8, 4) is 0 Å². The van der Waals surface area contributed by atoms with Crippen LogP contribution in [0.25, 0.3) is 0 Å². The number of carbonyl (C=O) groups excluding carboxylic acids is 1. The fourth-order valence-electron chi connectivity index (χ4n) is 2.45. The number of piperazine rings is 1. The number of nitrogens with one attached hydrogen (secondary N) is 1. The van der Waals surface area contributed by atoms with E-state index in [1.54, 1.807) is 12.1 Å². The number of hydrogen-bond donors (Lipinski definition) is 3. The summed E-state index contributed by atoms with van der Waals surface area (Å²) in [6.07, 6.45) is -0.657. The van der Waals surface area contributed by atoms with E-state index in [9.17, 15) is 9.90 Å². The minimum Gasteiger partial charge on any atom is -0.389 e. The standard InChI is InChI=1S/C15H21N3O2S/c1-15(2)14(20)17-7-8-18(15)9-12(19)10-3-5-11(6-4-10)13(16)21/h3-6,12,19H,7-9H2,1-2H3,(H2,16,21)(H,17,20). The van der Waals surface area contributed by atoms with E-state index >= 15 is 0 Å². The average Bonchev–Trinajstić information content (AvgIpc) is 2.44. The number of hydrogen-bond acceptors (Lipinski definition) is 4. The number of rotatable bonds is 4. The molecule has 1 fully saturated rings. The molecule has 1 unspecified atom stereocenters. The summed E-state index contributed by atoms with van der Waals surface area (Å²) in [5, 5.41) is 13.2. The van der Waals surface area contributed by atoms with Gasteiger partial charge in [0.1, 0.15) is 4.99 Å². The number of nitrogens with two attached hydrogens (primary N) is 1. The fraction of sp³-hybridized carbons (Fsp3) is 0.467. The molecule has 0 saturated carbocycles. The van der Waals surface area contributed by atoms with Crippen LogP contribution in [0.3, 0.4) is 0 Å². The molecule has 1 aromatic carbocycles. The molecule has 1 aromatic rings. The highest BCUT2D eigenvalue weighted by Crippen LogP contribution is 2.22. The quantitative estimate of drug-likeness (QED) is 0.709. The third kappa shape index (κ3) is 3.40. The summed E-state index contributed by atoms with van der Waals surface area (Å²) in [4.78, 5) is 14.2. The summed E-state index contributed by atoms with van der Waals surface area (Å²) in [6, 6.07) is 7.23. The maximum atomic E-state index is 11.9. The van der Waals surface area contributed by atoms with Gasteiger partial charge < -0.3 is 16.2 Å². The summed E-state index contributed by atoms with van der Waals surface area (Å²) in [7, 11) is 0. The molecule has 5 nitrogen and oxygen atoms in total. The van der Waals surface area contributed by atoms with Gasteiger partial charge in [0.15, 0.2) is 0 Å². The van der Waals surface area contributed by atoms with Crippen molar-refractivity contribution in [3.63, 3.8) is 0 Å². The van der Waals surface area contributed by atoms with Crippen molar-refractivity contribution in [1.29, 1.82) is 0 Å². The van der Waals surface area contributed by atoms with Crippen molar-refractivity contribution in [2.45, 2.75) is 25.5 Å². The lowest BCUT2D eigenvalue weighted by Crippen LogP contribution is -2.62. The van der Waals surface area contributed by atoms with E-state index in [0.717, 1.165) is 17.7 Å². The van der Waals surface area contributed by atoms with E-state index in [4.69, 9.17) is 18.0 Å². The maximum Gasteiger partial charge on any atom is 0.240 e. The number of nitrogens with zero attached hydrogens (tertiary/aromatic N) is 1. The highest BCUT2D eigenvalue weighted by atomic mass is 32.1. The van der Waals surface area contributed by atoms with Crippen LogP contribution in [-0.2, 0) is 4.79 Å². The predicted octanol–water partition coefficient (Wildman–Crippen LogP) is 0.565. The van der Waals surface area contributed by atoms with Gasteiger partial charge in [0, 0.05) is 25.2 Å². The van der Waals surface area contributed by atoms with E-state index < -0.39 is 11.6 Å². The highest BCUT2D eigenvalue weighted by Gasteiger charge is 2.38. The van der Waals surface area contributed by atoms with Gasteiger partial charge in [-0.2, -0.15) is 0 Å². The van der Waals surface area contributed by atoms with Crippen LogP contribution in [0.15, 0.2) is 24.3 Å². The molecule has 0 radical (unpaired) electrons. The molecular formula is C15H21N3O2S. The molecular weight excluding hydrogens is 286 g/mol. The van der Waals surface area contributed by atoms with Crippen molar-refractivity contribution < 1.29 is 9.90 Å². The third-order valence-corrected chi connectivity index (χ3v) is 4.22. The van der Waals surface area contributed by atoms with E-state index in [1.807, 2.05) is 30.9 Å². The summed E-state index contributed by atoms with van der Waals surface area (Å²) in [5.74, 6) is -0.00946. The topological polar surface area (TPSA) is 78.6 Å². The molecule has 0 aromatic heterocycles. The molecule has 1 atom stereocenters. The van der Waals surface area contributed by atoms with Gasteiger partial charge >= 0.3 is 0 Å². The number of thiocarbonyl (C=S) groups is 1. The number of aliphatic hydroxyl groups excluding tert-OH is 1. The second-order valence-corrected chi connectivity index (χ2v) is 6.20. The van der Waals surface area contributed by atoms with Gasteiger partial charge in [0.25, 0.3) is 0 Å². The predicted molar refractivity (Wildman–Crippen MR) is 86.0 cm³/mol. The average molecular weight is 307 g/mol. The zero-order chi connectivity index (χ0) is 15.6. The van der Waals surface area contributed by atoms with Crippen LogP contribution in [0.5, 0.6) is 0 Å². The first-order valence-corrected chi connectivity index (χ1v) is 7.34. The Bertz CT molecular complexity index is 542. The van der Waals surface area contributed by atoms with Crippen LogP contribution in [0.4, 0.5) is 0 Å². The third-order valence-electron chi connectivity index (χ3n) is 3.99. The second-order valence-electron chi connectivity index (χ2n) is 5.76. The molecule has 0 spiro atoms. The largest absolute Gasteiger partial charge is 0.389 e. The first kappa shape index (κ1) is 15.9. The Morgan fingerprint density at radius 3 is 2.67 bits per heavy atom. The number of β-amino-alcohol motifs (C(OH)–C–C–N with tert-alkyl or cyclic N) is 1. The van der Waals surface area contributed by atoms with Crippen molar-refractivity contribution in [2.75, 3.05) is 19.6 Å². The molecule has 1 aliphatic rings. The van der Waals surface area contributed by atoms with Crippen LogP contribution >= 0.6 is 12.2 Å². The van der Waals surface area contributed by atoms with Gasteiger partial charge in [-0.05, 0) is 19.4 Å². The van der Waals surface area contributed by atoms with Crippen molar-refractivity contribution in [2.24, 2.45) is 5.73 Å². The Balaban J connectivity index is 2.08. The normalized spacial score (nSPS) is 19.9. The smallest absolute Gasteiger partial charge is 0.240 e. The Morgan fingerprint density at radius 1 is 1.48 bits per heavy atom. The molecule has 0 bridgehead atoms. The first-order chi connectivity index (χ1) is 9.82. The monoisotopic (exact) mass is 307 g/mol. The summed E-state index contributed by atoms with van der Waals surface area (Å²) < 4.78 is 0. The Morgan fingerprint density at radius 2 is 2.10 bits per heavy atom. The highest BCUT2D eigenvalue weighted by molar-refractivity contribution is 7.80. The lowest BCUT2D eigenvalue weighted by molar-refractivity contribution is -0.136. The van der Waals surface area contributed by atoms with Crippen molar-refractivity contribution >= 4 is 23.1 Å².